The fourth-order valence-corrected chi connectivity index (χ4v) is 3.76. The molecule has 2 aromatic heterocycles. The van der Waals surface area contributed by atoms with Gasteiger partial charge in [-0.2, -0.15) is 10.2 Å². The summed E-state index contributed by atoms with van der Waals surface area (Å²) in [5, 5.41) is 27.6. The standard InChI is InChI=1S/C24H26FN5O2/c1-4-32-18-10-11-20(19(25)14-18)30-16(3)22-15(2)27-28-24(23(22)29-30)26-13-12-21(31)17-8-6-5-7-9-17/h5-11,14,21,31H,4,12-13H2,1-3H3,(H,26,28)/t21-/m0/s1. The molecule has 0 spiro atoms. The van der Waals surface area contributed by atoms with Gasteiger partial charge >= 0.3 is 0 Å². The molecular formula is C24H26FN5O2. The molecule has 7 nitrogen and oxygen atoms in total. The summed E-state index contributed by atoms with van der Waals surface area (Å²) in [5.74, 6) is 0.548. The molecule has 2 N–H and O–H groups in total. The van der Waals surface area contributed by atoms with Crippen molar-refractivity contribution in [3.05, 3.63) is 71.3 Å². The van der Waals surface area contributed by atoms with Crippen molar-refractivity contribution < 1.29 is 14.2 Å². The van der Waals surface area contributed by atoms with Gasteiger partial charge in [0.2, 0.25) is 0 Å². The highest BCUT2D eigenvalue weighted by atomic mass is 19.1. The van der Waals surface area contributed by atoms with E-state index >= 15 is 0 Å². The third-order valence-electron chi connectivity index (χ3n) is 5.36. The molecular weight excluding hydrogens is 409 g/mol. The molecule has 0 fully saturated rings. The van der Waals surface area contributed by atoms with E-state index in [0.717, 1.165) is 16.6 Å². The number of rotatable bonds is 8. The van der Waals surface area contributed by atoms with Crippen molar-refractivity contribution >= 4 is 16.7 Å². The first kappa shape index (κ1) is 21.7. The number of aromatic nitrogens is 4. The number of aliphatic hydroxyl groups is 1. The highest BCUT2D eigenvalue weighted by Crippen LogP contribution is 2.29. The van der Waals surface area contributed by atoms with Crippen LogP contribution in [0.1, 0.15) is 36.4 Å². The Morgan fingerprint density at radius 1 is 1.12 bits per heavy atom. The van der Waals surface area contributed by atoms with E-state index in [0.29, 0.717) is 48.0 Å². The van der Waals surface area contributed by atoms with Crippen LogP contribution >= 0.6 is 0 Å². The Labute approximate surface area is 185 Å². The highest BCUT2D eigenvalue weighted by Gasteiger charge is 2.19. The molecule has 4 rings (SSSR count). The number of nitrogens with one attached hydrogen (secondary N) is 1. The molecule has 0 aliphatic carbocycles. The fraction of sp³-hybridized carbons (Fsp3) is 0.292. The summed E-state index contributed by atoms with van der Waals surface area (Å²) in [5.41, 5.74) is 3.28. The lowest BCUT2D eigenvalue weighted by Gasteiger charge is -2.12. The summed E-state index contributed by atoms with van der Waals surface area (Å²) in [4.78, 5) is 0. The van der Waals surface area contributed by atoms with Crippen LogP contribution < -0.4 is 10.1 Å². The fourth-order valence-electron chi connectivity index (χ4n) is 3.76. The molecule has 0 saturated carbocycles. The predicted octanol–water partition coefficient (Wildman–Crippen LogP) is 4.51. The number of anilines is 1. The number of fused-ring (bicyclic) bond motifs is 1. The zero-order valence-electron chi connectivity index (χ0n) is 18.3. The molecule has 0 saturated heterocycles. The van der Waals surface area contributed by atoms with E-state index in [1.54, 1.807) is 16.8 Å². The van der Waals surface area contributed by atoms with E-state index in [9.17, 15) is 9.50 Å². The second kappa shape index (κ2) is 9.32. The SMILES string of the molecule is CCOc1ccc(-n2nc3c(NCC[C@H](O)c4ccccc4)nnc(C)c3c2C)c(F)c1. The topological polar surface area (TPSA) is 85.1 Å². The van der Waals surface area contributed by atoms with Gasteiger partial charge in [-0.25, -0.2) is 9.07 Å². The highest BCUT2D eigenvalue weighted by molar-refractivity contribution is 5.92. The second-order valence-electron chi connectivity index (χ2n) is 7.54. The van der Waals surface area contributed by atoms with E-state index < -0.39 is 11.9 Å². The van der Waals surface area contributed by atoms with Crippen LogP contribution in [-0.4, -0.2) is 38.2 Å². The summed E-state index contributed by atoms with van der Waals surface area (Å²) >= 11 is 0. The third kappa shape index (κ3) is 4.27. The minimum atomic E-state index is -0.588. The van der Waals surface area contributed by atoms with Crippen molar-refractivity contribution in [2.75, 3.05) is 18.5 Å². The normalized spacial score (nSPS) is 12.2. The van der Waals surface area contributed by atoms with Crippen molar-refractivity contribution in [1.29, 1.82) is 0 Å². The summed E-state index contributed by atoms with van der Waals surface area (Å²) in [7, 11) is 0. The molecule has 0 radical (unpaired) electrons. The van der Waals surface area contributed by atoms with E-state index in [4.69, 9.17) is 4.74 Å². The number of aliphatic hydroxyl groups excluding tert-OH is 1. The van der Waals surface area contributed by atoms with Gasteiger partial charge in [-0.3, -0.25) is 0 Å². The molecule has 1 atom stereocenters. The molecule has 0 amide bonds. The Morgan fingerprint density at radius 3 is 2.62 bits per heavy atom. The van der Waals surface area contributed by atoms with Crippen molar-refractivity contribution in [3.8, 4) is 11.4 Å². The molecule has 2 heterocycles. The Hall–Kier alpha value is -3.52. The maximum Gasteiger partial charge on any atom is 0.177 e. The summed E-state index contributed by atoms with van der Waals surface area (Å²) < 4.78 is 21.8. The number of nitrogens with zero attached hydrogens (tertiary/aromatic N) is 4. The molecule has 32 heavy (non-hydrogen) atoms. The van der Waals surface area contributed by atoms with Crippen LogP contribution in [0.2, 0.25) is 0 Å². The first-order valence-corrected chi connectivity index (χ1v) is 10.6. The Bertz CT molecular complexity index is 1230. The Morgan fingerprint density at radius 2 is 1.91 bits per heavy atom. The lowest BCUT2D eigenvalue weighted by atomic mass is 10.1. The molecule has 4 aromatic rings. The number of hydrogen-bond donors (Lipinski definition) is 2. The molecule has 0 unspecified atom stereocenters. The largest absolute Gasteiger partial charge is 0.494 e. The van der Waals surface area contributed by atoms with Crippen molar-refractivity contribution in [3.63, 3.8) is 0 Å². The third-order valence-corrected chi connectivity index (χ3v) is 5.36. The summed E-state index contributed by atoms with van der Waals surface area (Å²) in [6.45, 7) is 6.53. The Kier molecular flexibility index (Phi) is 6.32. The van der Waals surface area contributed by atoms with Crippen LogP contribution in [-0.2, 0) is 0 Å². The minimum absolute atomic E-state index is 0.326. The molecule has 0 aliphatic rings. The van der Waals surface area contributed by atoms with Crippen LogP contribution in [0.4, 0.5) is 10.2 Å². The van der Waals surface area contributed by atoms with Gasteiger partial charge in [-0.15, -0.1) is 5.10 Å². The second-order valence-corrected chi connectivity index (χ2v) is 7.54. The van der Waals surface area contributed by atoms with Gasteiger partial charge in [0.1, 0.15) is 17.0 Å². The van der Waals surface area contributed by atoms with Crippen molar-refractivity contribution in [2.24, 2.45) is 0 Å². The monoisotopic (exact) mass is 435 g/mol. The number of aryl methyl sites for hydroxylation is 2. The number of hydrogen-bond acceptors (Lipinski definition) is 6. The molecule has 0 bridgehead atoms. The van der Waals surface area contributed by atoms with E-state index in [-0.39, 0.29) is 0 Å². The molecule has 166 valence electrons. The van der Waals surface area contributed by atoms with Gasteiger partial charge < -0.3 is 15.2 Å². The first-order chi connectivity index (χ1) is 15.5. The van der Waals surface area contributed by atoms with Gasteiger partial charge in [0.05, 0.1) is 29.5 Å². The minimum Gasteiger partial charge on any atom is -0.494 e. The molecule has 2 aromatic carbocycles. The van der Waals surface area contributed by atoms with Crippen molar-refractivity contribution in [1.82, 2.24) is 20.0 Å². The Balaban J connectivity index is 1.61. The van der Waals surface area contributed by atoms with E-state index in [1.165, 1.54) is 6.07 Å². The average Bonchev–Trinajstić information content (AvgIpc) is 3.14. The smallest absolute Gasteiger partial charge is 0.177 e. The van der Waals surface area contributed by atoms with Gasteiger partial charge in [-0.05, 0) is 44.9 Å². The molecule has 0 aliphatic heterocycles. The maximum atomic E-state index is 14.8. The van der Waals surface area contributed by atoms with E-state index in [1.807, 2.05) is 51.1 Å². The zero-order chi connectivity index (χ0) is 22.7. The van der Waals surface area contributed by atoms with Crippen LogP contribution in [0.15, 0.2) is 48.5 Å². The molecule has 8 heteroatoms. The van der Waals surface area contributed by atoms with Gasteiger partial charge in [0, 0.05) is 12.6 Å². The quantitative estimate of drug-likeness (QED) is 0.424. The van der Waals surface area contributed by atoms with Gasteiger partial charge in [0.15, 0.2) is 11.6 Å². The predicted molar refractivity (Wildman–Crippen MR) is 122 cm³/mol. The lowest BCUT2D eigenvalue weighted by Crippen LogP contribution is -2.10. The van der Waals surface area contributed by atoms with Crippen molar-refractivity contribution in [2.45, 2.75) is 33.3 Å². The first-order valence-electron chi connectivity index (χ1n) is 10.6. The number of halogens is 1. The summed E-state index contributed by atoms with van der Waals surface area (Å²) in [6.07, 6.45) is -0.0938. The van der Waals surface area contributed by atoms with Gasteiger partial charge in [-0.1, -0.05) is 30.3 Å². The van der Waals surface area contributed by atoms with E-state index in [2.05, 4.69) is 20.6 Å². The number of ether oxygens (including phenoxy) is 1. The lowest BCUT2D eigenvalue weighted by molar-refractivity contribution is 0.171. The van der Waals surface area contributed by atoms with Crippen LogP contribution in [0.25, 0.3) is 16.6 Å². The maximum absolute atomic E-state index is 14.8. The number of benzene rings is 2. The average molecular weight is 436 g/mol. The summed E-state index contributed by atoms with van der Waals surface area (Å²) in [6, 6.07) is 14.2. The van der Waals surface area contributed by atoms with Crippen LogP contribution in [0.5, 0.6) is 5.75 Å². The van der Waals surface area contributed by atoms with Crippen LogP contribution in [0, 0.1) is 19.7 Å². The van der Waals surface area contributed by atoms with Crippen LogP contribution in [0.3, 0.4) is 0 Å². The zero-order valence-corrected chi connectivity index (χ0v) is 18.3. The van der Waals surface area contributed by atoms with Gasteiger partial charge in [0.25, 0.3) is 0 Å².